The van der Waals surface area contributed by atoms with Gasteiger partial charge >= 0.3 is 5.97 Å². The van der Waals surface area contributed by atoms with Crippen LogP contribution in [-0.4, -0.2) is 26.7 Å². The van der Waals surface area contributed by atoms with Gasteiger partial charge in [0, 0.05) is 27.7 Å². The summed E-state index contributed by atoms with van der Waals surface area (Å²) in [5.41, 5.74) is 1.45. The molecule has 0 amide bonds. The number of rotatable bonds is 5. The Labute approximate surface area is 177 Å². The van der Waals surface area contributed by atoms with E-state index < -0.39 is 29.4 Å². The Hall–Kier alpha value is -2.86. The van der Waals surface area contributed by atoms with Gasteiger partial charge in [-0.1, -0.05) is 30.9 Å². The first kappa shape index (κ1) is 20.4. The molecule has 1 heterocycles. The van der Waals surface area contributed by atoms with Crippen molar-refractivity contribution in [1.82, 2.24) is 4.57 Å². The molecule has 1 aromatic heterocycles. The monoisotopic (exact) mass is 429 g/mol. The predicted octanol–water partition coefficient (Wildman–Crippen LogP) is 5.49. The van der Waals surface area contributed by atoms with Crippen LogP contribution in [0.4, 0.5) is 4.39 Å². The Bertz CT molecular complexity index is 1150. The average molecular weight is 430 g/mol. The summed E-state index contributed by atoms with van der Waals surface area (Å²) >= 11 is 5.91. The molecule has 30 heavy (non-hydrogen) atoms. The number of aliphatic carboxylic acids is 1. The quantitative estimate of drug-likeness (QED) is 0.561. The number of carbonyl (C=O) groups excluding carboxylic acids is 1. The maximum absolute atomic E-state index is 14.2. The van der Waals surface area contributed by atoms with Gasteiger partial charge in [0.15, 0.2) is 11.6 Å². The van der Waals surface area contributed by atoms with Crippen LogP contribution in [0.3, 0.4) is 0 Å². The van der Waals surface area contributed by atoms with Gasteiger partial charge in [-0.15, -0.1) is 0 Å². The number of fused-ring (bicyclic) bond motifs is 1. The Morgan fingerprint density at radius 2 is 1.90 bits per heavy atom. The number of hydrogen-bond acceptors (Lipinski definition) is 3. The lowest BCUT2D eigenvalue weighted by Crippen LogP contribution is -2.21. The molecule has 1 fully saturated rings. The molecule has 2 aromatic carbocycles. The number of carboxylic acids is 1. The molecule has 156 valence electrons. The molecule has 0 bridgehead atoms. The summed E-state index contributed by atoms with van der Waals surface area (Å²) in [5, 5.41) is 20.8. The van der Waals surface area contributed by atoms with Crippen molar-refractivity contribution in [2.24, 2.45) is 5.92 Å². The Morgan fingerprint density at radius 1 is 1.23 bits per heavy atom. The number of carboxylic acid groups (broad SMARTS) is 1. The van der Waals surface area contributed by atoms with Crippen molar-refractivity contribution in [3.63, 3.8) is 0 Å². The summed E-state index contributed by atoms with van der Waals surface area (Å²) in [6.07, 6.45) is 3.48. The van der Waals surface area contributed by atoms with Gasteiger partial charge in [-0.05, 0) is 55.2 Å². The standard InChI is InChI=1S/C23H21ClFNO4/c1-12-21(17(23(29)30)9-13-3-2-4-13)16-10-20(27)18(25)11-19(16)26(12)22(28)14-5-7-15(24)8-6-14/h5-8,10-11,13,17,27H,2-4,9H2,1H3,(H,29,30). The molecule has 1 unspecified atom stereocenters. The molecule has 0 spiro atoms. The second-order valence-corrected chi connectivity index (χ2v) is 8.33. The van der Waals surface area contributed by atoms with E-state index in [9.17, 15) is 24.2 Å². The zero-order valence-corrected chi connectivity index (χ0v) is 17.1. The van der Waals surface area contributed by atoms with Crippen LogP contribution in [0.15, 0.2) is 36.4 Å². The van der Waals surface area contributed by atoms with Gasteiger partial charge in [0.2, 0.25) is 0 Å². The van der Waals surface area contributed by atoms with E-state index in [1.54, 1.807) is 31.2 Å². The first-order valence-electron chi connectivity index (χ1n) is 9.84. The minimum atomic E-state index is -0.994. The molecule has 0 saturated heterocycles. The molecule has 0 radical (unpaired) electrons. The lowest BCUT2D eigenvalue weighted by atomic mass is 9.77. The maximum atomic E-state index is 14.2. The third kappa shape index (κ3) is 3.45. The van der Waals surface area contributed by atoms with Crippen LogP contribution >= 0.6 is 11.6 Å². The van der Waals surface area contributed by atoms with E-state index in [2.05, 4.69) is 0 Å². The topological polar surface area (TPSA) is 79.5 Å². The number of halogens is 2. The lowest BCUT2D eigenvalue weighted by molar-refractivity contribution is -0.139. The van der Waals surface area contributed by atoms with Crippen LogP contribution in [0, 0.1) is 18.7 Å². The number of aromatic hydroxyl groups is 1. The molecule has 5 nitrogen and oxygen atoms in total. The van der Waals surface area contributed by atoms with Gasteiger partial charge in [-0.3, -0.25) is 14.2 Å². The zero-order valence-electron chi connectivity index (χ0n) is 16.4. The normalized spacial score (nSPS) is 15.2. The van der Waals surface area contributed by atoms with E-state index in [0.29, 0.717) is 39.6 Å². The van der Waals surface area contributed by atoms with Gasteiger partial charge in [0.25, 0.3) is 5.91 Å². The summed E-state index contributed by atoms with van der Waals surface area (Å²) in [5.74, 6) is -3.40. The fourth-order valence-corrected chi connectivity index (χ4v) is 4.40. The number of hydrogen-bond donors (Lipinski definition) is 2. The smallest absolute Gasteiger partial charge is 0.311 e. The SMILES string of the molecule is Cc1c(C(CC2CCC2)C(=O)O)c2cc(O)c(F)cc2n1C(=O)c1ccc(Cl)cc1. The van der Waals surface area contributed by atoms with Gasteiger partial charge < -0.3 is 10.2 Å². The van der Waals surface area contributed by atoms with Crippen molar-refractivity contribution >= 4 is 34.4 Å². The minimum Gasteiger partial charge on any atom is -0.505 e. The fourth-order valence-electron chi connectivity index (χ4n) is 4.28. The summed E-state index contributed by atoms with van der Waals surface area (Å²) in [6.45, 7) is 1.66. The highest BCUT2D eigenvalue weighted by Crippen LogP contribution is 2.41. The van der Waals surface area contributed by atoms with E-state index in [1.165, 1.54) is 10.6 Å². The number of aromatic nitrogens is 1. The van der Waals surface area contributed by atoms with Crippen molar-refractivity contribution < 1.29 is 24.2 Å². The molecule has 4 rings (SSSR count). The van der Waals surface area contributed by atoms with Gasteiger partial charge in [-0.2, -0.15) is 0 Å². The second-order valence-electron chi connectivity index (χ2n) is 7.89. The molecule has 1 aliphatic carbocycles. The Morgan fingerprint density at radius 3 is 2.47 bits per heavy atom. The molecular weight excluding hydrogens is 409 g/mol. The molecule has 1 atom stereocenters. The molecule has 2 N–H and O–H groups in total. The molecule has 3 aromatic rings. The molecule has 1 saturated carbocycles. The average Bonchev–Trinajstić information content (AvgIpc) is 2.92. The summed E-state index contributed by atoms with van der Waals surface area (Å²) in [6, 6.07) is 8.59. The van der Waals surface area contributed by atoms with Crippen LogP contribution in [0.5, 0.6) is 5.75 Å². The van der Waals surface area contributed by atoms with Crippen molar-refractivity contribution in [2.45, 2.75) is 38.5 Å². The minimum absolute atomic E-state index is 0.234. The number of phenols is 1. The summed E-state index contributed by atoms with van der Waals surface area (Å²) in [7, 11) is 0. The van der Waals surface area contributed by atoms with Gasteiger partial charge in [0.1, 0.15) is 0 Å². The fraction of sp³-hybridized carbons (Fsp3) is 0.304. The van der Waals surface area contributed by atoms with Crippen LogP contribution in [-0.2, 0) is 4.79 Å². The third-order valence-electron chi connectivity index (χ3n) is 6.06. The highest BCUT2D eigenvalue weighted by Gasteiger charge is 2.33. The van der Waals surface area contributed by atoms with Crippen LogP contribution in [0.1, 0.15) is 53.2 Å². The number of carbonyl (C=O) groups is 2. The summed E-state index contributed by atoms with van der Waals surface area (Å²) in [4.78, 5) is 25.4. The van der Waals surface area contributed by atoms with Gasteiger partial charge in [-0.25, -0.2) is 4.39 Å². The van der Waals surface area contributed by atoms with E-state index in [-0.39, 0.29) is 5.52 Å². The van der Waals surface area contributed by atoms with Gasteiger partial charge in [0.05, 0.1) is 11.4 Å². The van der Waals surface area contributed by atoms with Crippen molar-refractivity contribution in [3.8, 4) is 5.75 Å². The molecule has 1 aliphatic rings. The van der Waals surface area contributed by atoms with E-state index >= 15 is 0 Å². The van der Waals surface area contributed by atoms with Crippen molar-refractivity contribution in [3.05, 3.63) is 64.1 Å². The van der Waals surface area contributed by atoms with Crippen LogP contribution in [0.2, 0.25) is 5.02 Å². The number of phenolic OH excluding ortho intramolecular Hbond substituents is 1. The molecule has 7 heteroatoms. The highest BCUT2D eigenvalue weighted by molar-refractivity contribution is 6.30. The Balaban J connectivity index is 1.93. The first-order valence-corrected chi connectivity index (χ1v) is 10.2. The van der Waals surface area contributed by atoms with Crippen molar-refractivity contribution in [2.75, 3.05) is 0 Å². The zero-order chi connectivity index (χ0) is 21.6. The Kier molecular flexibility index (Phi) is 5.28. The highest BCUT2D eigenvalue weighted by atomic mass is 35.5. The maximum Gasteiger partial charge on any atom is 0.311 e. The van der Waals surface area contributed by atoms with Crippen LogP contribution in [0.25, 0.3) is 10.9 Å². The van der Waals surface area contributed by atoms with Crippen molar-refractivity contribution in [1.29, 1.82) is 0 Å². The largest absolute Gasteiger partial charge is 0.505 e. The second kappa shape index (κ2) is 7.76. The first-order chi connectivity index (χ1) is 14.3. The van der Waals surface area contributed by atoms with E-state index in [1.807, 2.05) is 0 Å². The predicted molar refractivity (Wildman–Crippen MR) is 112 cm³/mol. The molecular formula is C23H21ClFNO4. The van der Waals surface area contributed by atoms with E-state index in [0.717, 1.165) is 25.3 Å². The number of nitrogens with zero attached hydrogens (tertiary/aromatic N) is 1. The summed E-state index contributed by atoms with van der Waals surface area (Å²) < 4.78 is 15.5. The van der Waals surface area contributed by atoms with E-state index in [4.69, 9.17) is 11.6 Å². The third-order valence-corrected chi connectivity index (χ3v) is 6.31. The lowest BCUT2D eigenvalue weighted by Gasteiger charge is -2.28. The van der Waals surface area contributed by atoms with Crippen LogP contribution < -0.4 is 0 Å². The number of benzene rings is 2. The molecule has 0 aliphatic heterocycles.